The molecule has 0 fully saturated rings. The molecule has 2 unspecified atom stereocenters. The average Bonchev–Trinajstić information content (AvgIpc) is 2.68. The molecule has 1 rings (SSSR count). The summed E-state index contributed by atoms with van der Waals surface area (Å²) in [6.45, 7) is 16.1. The van der Waals surface area contributed by atoms with Gasteiger partial charge in [0.2, 0.25) is 17.7 Å². The quantitative estimate of drug-likeness (QED) is 0.497. The highest BCUT2D eigenvalue weighted by atomic mass is 16.5. The molecule has 8 nitrogen and oxygen atoms in total. The molecule has 0 radical (unpaired) electrons. The summed E-state index contributed by atoms with van der Waals surface area (Å²) >= 11 is 0. The number of rotatable bonds is 8. The van der Waals surface area contributed by atoms with Crippen LogP contribution < -0.4 is 16.0 Å². The molecule has 0 aliphatic rings. The van der Waals surface area contributed by atoms with E-state index in [0.717, 1.165) is 5.56 Å². The van der Waals surface area contributed by atoms with Crippen LogP contribution in [0, 0.1) is 16.7 Å². The summed E-state index contributed by atoms with van der Waals surface area (Å²) in [5, 5.41) is 8.19. The van der Waals surface area contributed by atoms with Crippen molar-refractivity contribution < 1.29 is 28.2 Å². The first-order valence-electron chi connectivity index (χ1n) is 11.2. The van der Waals surface area contributed by atoms with Gasteiger partial charge in [-0.15, -0.1) is 0 Å². The van der Waals surface area contributed by atoms with Gasteiger partial charge in [-0.2, -0.15) is 0 Å². The number of esters is 1. The number of amides is 3. The van der Waals surface area contributed by atoms with E-state index in [1.54, 1.807) is 72.7 Å². The summed E-state index contributed by atoms with van der Waals surface area (Å²) in [6.07, 6.45) is 0. The van der Waals surface area contributed by atoms with Crippen LogP contribution in [-0.2, 0) is 30.5 Å². The Balaban J connectivity index is -0.00000363. The van der Waals surface area contributed by atoms with Gasteiger partial charge in [-0.05, 0) is 51.3 Å². The predicted octanol–water partition coefficient (Wildman–Crippen LogP) is 4.14. The smallest absolute Gasteiger partial charge is 0.311 e. The number of carbonyl (C=O) groups excluding carboxylic acids is 4. The second kappa shape index (κ2) is 11.3. The van der Waals surface area contributed by atoms with Crippen molar-refractivity contribution >= 4 is 29.4 Å². The molecule has 1 aromatic rings. The van der Waals surface area contributed by atoms with Crippen molar-refractivity contribution in [2.24, 2.45) is 16.7 Å². The Morgan fingerprint density at radius 3 is 1.85 bits per heavy atom. The molecule has 0 saturated carbocycles. The summed E-state index contributed by atoms with van der Waals surface area (Å²) in [7, 11) is 0. The Morgan fingerprint density at radius 1 is 0.848 bits per heavy atom. The van der Waals surface area contributed by atoms with Crippen molar-refractivity contribution in [1.29, 1.82) is 0 Å². The van der Waals surface area contributed by atoms with Crippen molar-refractivity contribution in [3.05, 3.63) is 29.8 Å². The molecule has 3 N–H and O–H groups in total. The number of hydrogen-bond acceptors (Lipinski definition) is 5. The third-order valence-corrected chi connectivity index (χ3v) is 4.87. The summed E-state index contributed by atoms with van der Waals surface area (Å²) in [6, 6.07) is 5.36. The van der Waals surface area contributed by atoms with Crippen molar-refractivity contribution in [1.82, 2.24) is 10.6 Å². The van der Waals surface area contributed by atoms with E-state index in [1.807, 2.05) is 13.8 Å². The van der Waals surface area contributed by atoms with Crippen LogP contribution in [0.3, 0.4) is 0 Å². The Hall–Kier alpha value is -2.90. The maximum atomic E-state index is 12.7. The molecule has 1 aromatic carbocycles. The fourth-order valence-corrected chi connectivity index (χ4v) is 2.56. The number of ether oxygens (including phenoxy) is 1. The fraction of sp³-hybridized carbons (Fsp3) is 0.600. The van der Waals surface area contributed by atoms with Gasteiger partial charge in [-0.1, -0.05) is 46.8 Å². The molecule has 0 heterocycles. The second-order valence-corrected chi connectivity index (χ2v) is 10.7. The second-order valence-electron chi connectivity index (χ2n) is 10.7. The largest absolute Gasteiger partial charge is 0.460 e. The van der Waals surface area contributed by atoms with Gasteiger partial charge in [0.15, 0.2) is 0 Å². The van der Waals surface area contributed by atoms with Crippen molar-refractivity contribution in [2.75, 3.05) is 5.32 Å². The number of nitrogens with one attached hydrogen (secondary N) is 3. The molecule has 0 aliphatic carbocycles. The van der Waals surface area contributed by atoms with Crippen LogP contribution in [0.2, 0.25) is 0 Å². The third kappa shape index (κ3) is 9.24. The Morgan fingerprint density at radius 2 is 1.39 bits per heavy atom. The number of carbonyl (C=O) groups is 4. The van der Waals surface area contributed by atoms with Gasteiger partial charge in [-0.25, -0.2) is 0 Å². The average molecular weight is 468 g/mol. The Labute approximate surface area is 201 Å². The first-order valence-corrected chi connectivity index (χ1v) is 11.2. The first-order chi connectivity index (χ1) is 15.0. The maximum Gasteiger partial charge on any atom is 0.311 e. The highest BCUT2D eigenvalue weighted by molar-refractivity contribution is 5.98. The van der Waals surface area contributed by atoms with Crippen molar-refractivity contribution in [2.45, 2.75) is 81.0 Å². The highest BCUT2D eigenvalue weighted by Gasteiger charge is 2.31. The van der Waals surface area contributed by atoms with E-state index in [4.69, 9.17) is 4.74 Å². The Bertz CT molecular complexity index is 863. The molecule has 190 valence electrons. The van der Waals surface area contributed by atoms with E-state index in [-0.39, 0.29) is 34.6 Å². The molecule has 0 aromatic heterocycles. The third-order valence-electron chi connectivity index (χ3n) is 4.87. The summed E-state index contributed by atoms with van der Waals surface area (Å²) in [4.78, 5) is 49.4. The zero-order valence-electron chi connectivity index (χ0n) is 21.3. The van der Waals surface area contributed by atoms with E-state index in [1.165, 1.54) is 0 Å². The molecule has 0 bridgehead atoms. The molecule has 0 aliphatic heterocycles. The summed E-state index contributed by atoms with van der Waals surface area (Å²) in [5.74, 6) is -1.47. The van der Waals surface area contributed by atoms with Gasteiger partial charge >= 0.3 is 5.97 Å². The van der Waals surface area contributed by atoms with Gasteiger partial charge in [0.25, 0.3) is 0 Å². The predicted molar refractivity (Wildman–Crippen MR) is 134 cm³/mol. The van der Waals surface area contributed by atoms with Crippen LogP contribution in [0.5, 0.6) is 0 Å². The minimum atomic E-state index is -0.808. The van der Waals surface area contributed by atoms with Crippen LogP contribution in [0.15, 0.2) is 24.3 Å². The molecule has 2 atom stereocenters. The van der Waals surface area contributed by atoms with Crippen LogP contribution in [0.25, 0.3) is 0 Å². The normalized spacial score (nSPS) is 13.6. The molecular formula is C25H45N3O5. The van der Waals surface area contributed by atoms with Crippen LogP contribution in [0.1, 0.15) is 72.2 Å². The van der Waals surface area contributed by atoms with E-state index in [2.05, 4.69) is 16.0 Å². The molecule has 0 saturated heterocycles. The number of benzene rings is 1. The zero-order chi connectivity index (χ0) is 25.6. The van der Waals surface area contributed by atoms with Gasteiger partial charge < -0.3 is 20.7 Å². The monoisotopic (exact) mass is 467 g/mol. The van der Waals surface area contributed by atoms with Gasteiger partial charge in [-0.3, -0.25) is 19.2 Å². The van der Waals surface area contributed by atoms with Gasteiger partial charge in [0.05, 0.1) is 5.41 Å². The first kappa shape index (κ1) is 28.1. The Kier molecular flexibility index (Phi) is 9.63. The maximum absolute atomic E-state index is 12.7. The number of hydrogen-bond donors (Lipinski definition) is 3. The fourth-order valence-electron chi connectivity index (χ4n) is 2.56. The molecule has 0 spiro atoms. The van der Waals surface area contributed by atoms with Gasteiger partial charge in [0, 0.05) is 15.4 Å². The van der Waals surface area contributed by atoms with E-state index in [0.29, 0.717) is 5.69 Å². The molecule has 33 heavy (non-hydrogen) atoms. The van der Waals surface area contributed by atoms with Crippen LogP contribution in [0.4, 0.5) is 5.69 Å². The molecule has 3 amide bonds. The van der Waals surface area contributed by atoms with E-state index >= 15 is 0 Å². The van der Waals surface area contributed by atoms with Crippen molar-refractivity contribution in [3.63, 3.8) is 0 Å². The van der Waals surface area contributed by atoms with Crippen molar-refractivity contribution in [3.8, 4) is 0 Å². The van der Waals surface area contributed by atoms with E-state index < -0.39 is 28.8 Å². The highest BCUT2D eigenvalue weighted by Crippen LogP contribution is 2.18. The van der Waals surface area contributed by atoms with Crippen LogP contribution in [-0.4, -0.2) is 35.8 Å². The SMILES string of the molecule is CC(NC(=O)C(NC(=O)C(C)(C)C)C(C)C)C(=O)Nc1ccc(COC(=O)C(C)(C)C)cc1.[HH].[HH].[HH]. The molecular weight excluding hydrogens is 422 g/mol. The van der Waals surface area contributed by atoms with E-state index in [9.17, 15) is 19.2 Å². The lowest BCUT2D eigenvalue weighted by Crippen LogP contribution is -2.55. The standard InChI is InChI=1S/C25H39N3O5.3H2/c1-15(2)19(28-22(31)24(4,5)6)21(30)26-16(3)20(29)27-18-12-10-17(11-13-18)14-33-23(32)25(7,8)9;;;/h10-13,15-16,19H,14H2,1-9H3,(H,26,30)(H,27,29)(H,28,31);3*1H. The minimum Gasteiger partial charge on any atom is -0.460 e. The lowest BCUT2D eigenvalue weighted by atomic mass is 9.93. The topological polar surface area (TPSA) is 114 Å². The van der Waals surface area contributed by atoms with Gasteiger partial charge in [0.1, 0.15) is 18.7 Å². The zero-order valence-corrected chi connectivity index (χ0v) is 21.3. The lowest BCUT2D eigenvalue weighted by molar-refractivity contribution is -0.154. The number of anilines is 1. The summed E-state index contributed by atoms with van der Waals surface area (Å²) in [5.41, 5.74) is 0.140. The lowest BCUT2D eigenvalue weighted by Gasteiger charge is -2.27. The summed E-state index contributed by atoms with van der Waals surface area (Å²) < 4.78 is 5.28. The molecule has 8 heteroatoms. The minimum absolute atomic E-state index is 0. The van der Waals surface area contributed by atoms with Crippen LogP contribution >= 0.6 is 0 Å².